The zero-order valence-electron chi connectivity index (χ0n) is 6.70. The van der Waals surface area contributed by atoms with Crippen molar-refractivity contribution in [3.05, 3.63) is 12.2 Å². The summed E-state index contributed by atoms with van der Waals surface area (Å²) in [6.07, 6.45) is 1.77. The second-order valence-corrected chi connectivity index (χ2v) is 2.92. The Morgan fingerprint density at radius 2 is 2.30 bits per heavy atom. The van der Waals surface area contributed by atoms with E-state index in [4.69, 9.17) is 0 Å². The van der Waals surface area contributed by atoms with Gasteiger partial charge in [-0.15, -0.1) is 10.2 Å². The van der Waals surface area contributed by atoms with Crippen LogP contribution < -0.4 is 0 Å². The summed E-state index contributed by atoms with van der Waals surface area (Å²) in [4.78, 5) is 0. The van der Waals surface area contributed by atoms with Crippen LogP contribution in [0.25, 0.3) is 0 Å². The van der Waals surface area contributed by atoms with E-state index in [2.05, 4.69) is 28.6 Å². The Kier molecular flexibility index (Phi) is 2.04. The maximum Gasteiger partial charge on any atom is 0.129 e. The Bertz CT molecular complexity index is 202. The average Bonchev–Trinajstić information content (AvgIpc) is 2.15. The van der Waals surface area contributed by atoms with E-state index in [0.717, 1.165) is 12.4 Å². The van der Waals surface area contributed by atoms with Crippen LogP contribution in [0.3, 0.4) is 0 Å². The largest absolute Gasteiger partial charge is 0.318 e. The Labute approximate surface area is 61.1 Å². The lowest BCUT2D eigenvalue weighted by Gasteiger charge is -2.05. The van der Waals surface area contributed by atoms with Gasteiger partial charge in [0.15, 0.2) is 0 Å². The zero-order chi connectivity index (χ0) is 7.56. The zero-order valence-corrected chi connectivity index (χ0v) is 6.70. The predicted octanol–water partition coefficient (Wildman–Crippen LogP) is 1.24. The van der Waals surface area contributed by atoms with Gasteiger partial charge in [-0.3, -0.25) is 0 Å². The van der Waals surface area contributed by atoms with Crippen LogP contribution in [-0.4, -0.2) is 14.8 Å². The first-order valence-electron chi connectivity index (χ1n) is 3.54. The third-order valence-corrected chi connectivity index (χ3v) is 1.37. The minimum Gasteiger partial charge on any atom is -0.318 e. The van der Waals surface area contributed by atoms with Gasteiger partial charge in [-0.05, 0) is 12.8 Å². The third kappa shape index (κ3) is 1.56. The molecule has 0 atom stereocenters. The van der Waals surface area contributed by atoms with Gasteiger partial charge in [0.25, 0.3) is 0 Å². The van der Waals surface area contributed by atoms with Crippen LogP contribution in [0.5, 0.6) is 0 Å². The smallest absolute Gasteiger partial charge is 0.129 e. The van der Waals surface area contributed by atoms with Crippen LogP contribution >= 0.6 is 0 Å². The first-order valence-corrected chi connectivity index (χ1v) is 3.54. The molecule has 3 nitrogen and oxygen atoms in total. The van der Waals surface area contributed by atoms with E-state index in [0.29, 0.717) is 5.92 Å². The van der Waals surface area contributed by atoms with Crippen LogP contribution in [0.2, 0.25) is 0 Å². The highest BCUT2D eigenvalue weighted by atomic mass is 15.3. The van der Waals surface area contributed by atoms with Gasteiger partial charge in [0.2, 0.25) is 0 Å². The molecule has 0 aliphatic heterocycles. The lowest BCUT2D eigenvalue weighted by atomic mass is 10.2. The van der Waals surface area contributed by atoms with Gasteiger partial charge in [-0.1, -0.05) is 13.8 Å². The van der Waals surface area contributed by atoms with Gasteiger partial charge in [0.05, 0.1) is 0 Å². The maximum absolute atomic E-state index is 3.88. The normalized spacial score (nSPS) is 10.8. The van der Waals surface area contributed by atoms with Crippen LogP contribution in [0, 0.1) is 12.8 Å². The second-order valence-electron chi connectivity index (χ2n) is 2.92. The fourth-order valence-electron chi connectivity index (χ4n) is 0.885. The summed E-state index contributed by atoms with van der Waals surface area (Å²) in [6, 6.07) is 0. The molecule has 0 bridgehead atoms. The van der Waals surface area contributed by atoms with Crippen molar-refractivity contribution in [2.75, 3.05) is 0 Å². The van der Waals surface area contributed by atoms with Crippen molar-refractivity contribution < 1.29 is 0 Å². The number of hydrogen-bond donors (Lipinski definition) is 0. The molecule has 0 radical (unpaired) electrons. The molecular formula is C7H13N3. The molecule has 0 N–H and O–H groups in total. The summed E-state index contributed by atoms with van der Waals surface area (Å²) in [5.41, 5.74) is 0. The molecule has 1 heterocycles. The molecule has 1 aromatic rings. The Balaban J connectivity index is 2.65. The summed E-state index contributed by atoms with van der Waals surface area (Å²) in [5.74, 6) is 1.66. The summed E-state index contributed by atoms with van der Waals surface area (Å²) < 4.78 is 2.06. The Hall–Kier alpha value is -0.860. The van der Waals surface area contributed by atoms with Crippen LogP contribution in [0.15, 0.2) is 6.33 Å². The van der Waals surface area contributed by atoms with Crippen molar-refractivity contribution in [1.82, 2.24) is 14.8 Å². The van der Waals surface area contributed by atoms with E-state index in [1.54, 1.807) is 6.33 Å². The number of rotatable bonds is 2. The highest BCUT2D eigenvalue weighted by molar-refractivity contribution is 4.79. The van der Waals surface area contributed by atoms with Crippen molar-refractivity contribution in [2.45, 2.75) is 27.3 Å². The molecule has 0 saturated carbocycles. The Morgan fingerprint density at radius 1 is 1.60 bits per heavy atom. The Morgan fingerprint density at radius 3 is 2.70 bits per heavy atom. The van der Waals surface area contributed by atoms with E-state index in [9.17, 15) is 0 Å². The van der Waals surface area contributed by atoms with Crippen molar-refractivity contribution in [3.8, 4) is 0 Å². The van der Waals surface area contributed by atoms with Gasteiger partial charge in [0.1, 0.15) is 12.2 Å². The molecule has 0 fully saturated rings. The number of nitrogens with zero attached hydrogens (tertiary/aromatic N) is 3. The monoisotopic (exact) mass is 139 g/mol. The van der Waals surface area contributed by atoms with Gasteiger partial charge < -0.3 is 4.57 Å². The van der Waals surface area contributed by atoms with Crippen LogP contribution in [-0.2, 0) is 6.54 Å². The van der Waals surface area contributed by atoms with E-state index in [-0.39, 0.29) is 0 Å². The molecule has 0 aromatic carbocycles. The second kappa shape index (κ2) is 2.82. The fraction of sp³-hybridized carbons (Fsp3) is 0.714. The summed E-state index contributed by atoms with van der Waals surface area (Å²) >= 11 is 0. The van der Waals surface area contributed by atoms with Gasteiger partial charge in [-0.2, -0.15) is 0 Å². The first kappa shape index (κ1) is 7.25. The summed E-state index contributed by atoms with van der Waals surface area (Å²) in [7, 11) is 0. The number of aromatic nitrogens is 3. The molecular weight excluding hydrogens is 126 g/mol. The maximum atomic E-state index is 3.88. The average molecular weight is 139 g/mol. The van der Waals surface area contributed by atoms with E-state index in [1.165, 1.54) is 0 Å². The molecule has 56 valence electrons. The standard InChI is InChI=1S/C7H13N3/c1-6(2)4-10-5-8-9-7(10)3/h5-6H,4H2,1-3H3. The summed E-state index contributed by atoms with van der Waals surface area (Å²) in [6.45, 7) is 7.34. The first-order chi connectivity index (χ1) is 4.70. The highest BCUT2D eigenvalue weighted by Crippen LogP contribution is 1.99. The topological polar surface area (TPSA) is 30.7 Å². The van der Waals surface area contributed by atoms with Gasteiger partial charge in [-0.25, -0.2) is 0 Å². The molecule has 0 saturated heterocycles. The number of aryl methyl sites for hydroxylation is 1. The highest BCUT2D eigenvalue weighted by Gasteiger charge is 1.99. The minimum atomic E-state index is 0.662. The molecule has 0 aliphatic carbocycles. The molecule has 0 aliphatic rings. The molecule has 10 heavy (non-hydrogen) atoms. The van der Waals surface area contributed by atoms with Crippen LogP contribution in [0.1, 0.15) is 19.7 Å². The van der Waals surface area contributed by atoms with E-state index < -0.39 is 0 Å². The molecule has 3 heteroatoms. The lowest BCUT2D eigenvalue weighted by Crippen LogP contribution is -2.04. The van der Waals surface area contributed by atoms with Crippen molar-refractivity contribution >= 4 is 0 Å². The number of hydrogen-bond acceptors (Lipinski definition) is 2. The van der Waals surface area contributed by atoms with Crippen LogP contribution in [0.4, 0.5) is 0 Å². The predicted molar refractivity (Wildman–Crippen MR) is 39.6 cm³/mol. The molecule has 0 amide bonds. The van der Waals surface area contributed by atoms with Crippen molar-refractivity contribution in [1.29, 1.82) is 0 Å². The SMILES string of the molecule is Cc1nncn1CC(C)C. The molecule has 0 unspecified atom stereocenters. The van der Waals surface area contributed by atoms with E-state index in [1.807, 2.05) is 6.92 Å². The fourth-order valence-corrected chi connectivity index (χ4v) is 0.885. The lowest BCUT2D eigenvalue weighted by molar-refractivity contribution is 0.513. The quantitative estimate of drug-likeness (QED) is 0.617. The third-order valence-electron chi connectivity index (χ3n) is 1.37. The molecule has 1 aromatic heterocycles. The van der Waals surface area contributed by atoms with Gasteiger partial charge in [0, 0.05) is 6.54 Å². The minimum absolute atomic E-state index is 0.662. The molecule has 0 spiro atoms. The molecule has 1 rings (SSSR count). The van der Waals surface area contributed by atoms with E-state index >= 15 is 0 Å². The van der Waals surface area contributed by atoms with Crippen molar-refractivity contribution in [2.24, 2.45) is 5.92 Å². The van der Waals surface area contributed by atoms with Crippen molar-refractivity contribution in [3.63, 3.8) is 0 Å². The summed E-state index contributed by atoms with van der Waals surface area (Å²) in [5, 5.41) is 7.67. The van der Waals surface area contributed by atoms with Gasteiger partial charge >= 0.3 is 0 Å².